The first-order chi connectivity index (χ1) is 10.2. The molecule has 3 heteroatoms. The second-order valence-electron chi connectivity index (χ2n) is 6.13. The molecule has 1 saturated heterocycles. The van der Waals surface area contributed by atoms with Crippen molar-refractivity contribution >= 4 is 0 Å². The molecule has 0 bridgehead atoms. The molecule has 1 N–H and O–H groups in total. The van der Waals surface area contributed by atoms with Crippen molar-refractivity contribution < 1.29 is 4.74 Å². The first-order valence-corrected chi connectivity index (χ1v) is 8.31. The quantitative estimate of drug-likeness (QED) is 0.871. The van der Waals surface area contributed by atoms with Gasteiger partial charge in [0.2, 0.25) is 0 Å². The van der Waals surface area contributed by atoms with Gasteiger partial charge in [-0.2, -0.15) is 0 Å². The van der Waals surface area contributed by atoms with Crippen molar-refractivity contribution in [1.82, 2.24) is 10.2 Å². The van der Waals surface area contributed by atoms with E-state index in [2.05, 4.69) is 49.2 Å². The van der Waals surface area contributed by atoms with Gasteiger partial charge in [0, 0.05) is 32.3 Å². The van der Waals surface area contributed by atoms with Crippen LogP contribution in [0.5, 0.6) is 0 Å². The van der Waals surface area contributed by atoms with Crippen LogP contribution in [-0.4, -0.2) is 44.3 Å². The summed E-state index contributed by atoms with van der Waals surface area (Å²) in [4.78, 5) is 2.54. The Morgan fingerprint density at radius 1 is 1.24 bits per heavy atom. The van der Waals surface area contributed by atoms with Gasteiger partial charge in [0.25, 0.3) is 0 Å². The summed E-state index contributed by atoms with van der Waals surface area (Å²) in [6.07, 6.45) is 2.32. The number of aryl methyl sites for hydroxylation is 2. The highest BCUT2D eigenvalue weighted by atomic mass is 16.5. The standard InChI is InChI=1S/C18H30N2O/c1-4-8-19-18(14-20-9-5-11-21-12-10-20)17-7-6-15(2)13-16(17)3/h6-7,13,18-19H,4-5,8-12,14H2,1-3H3. The van der Waals surface area contributed by atoms with E-state index in [1.807, 2.05) is 0 Å². The van der Waals surface area contributed by atoms with Crippen molar-refractivity contribution in [2.45, 2.75) is 39.7 Å². The summed E-state index contributed by atoms with van der Waals surface area (Å²) in [7, 11) is 0. The third-order valence-electron chi connectivity index (χ3n) is 4.20. The molecular weight excluding hydrogens is 260 g/mol. The van der Waals surface area contributed by atoms with Crippen LogP contribution in [0, 0.1) is 13.8 Å². The number of rotatable bonds is 6. The topological polar surface area (TPSA) is 24.5 Å². The summed E-state index contributed by atoms with van der Waals surface area (Å²) in [5.74, 6) is 0. The van der Waals surface area contributed by atoms with Gasteiger partial charge in [0.05, 0.1) is 6.61 Å². The zero-order valence-electron chi connectivity index (χ0n) is 13.8. The van der Waals surface area contributed by atoms with Crippen LogP contribution in [0.25, 0.3) is 0 Å². The van der Waals surface area contributed by atoms with Gasteiger partial charge in [0.15, 0.2) is 0 Å². The van der Waals surface area contributed by atoms with E-state index in [0.29, 0.717) is 6.04 Å². The maximum absolute atomic E-state index is 5.57. The molecule has 0 aliphatic carbocycles. The Morgan fingerprint density at radius 3 is 2.86 bits per heavy atom. The van der Waals surface area contributed by atoms with E-state index in [9.17, 15) is 0 Å². The molecule has 1 aromatic rings. The van der Waals surface area contributed by atoms with Crippen LogP contribution in [0.3, 0.4) is 0 Å². The normalized spacial score (nSPS) is 18.4. The largest absolute Gasteiger partial charge is 0.380 e. The van der Waals surface area contributed by atoms with Gasteiger partial charge in [-0.05, 0) is 44.4 Å². The molecule has 0 amide bonds. The zero-order valence-corrected chi connectivity index (χ0v) is 13.8. The molecule has 0 aromatic heterocycles. The SMILES string of the molecule is CCCNC(CN1CCCOCC1)c1ccc(C)cc1C. The van der Waals surface area contributed by atoms with Gasteiger partial charge in [-0.15, -0.1) is 0 Å². The second-order valence-corrected chi connectivity index (χ2v) is 6.13. The fourth-order valence-corrected chi connectivity index (χ4v) is 3.05. The van der Waals surface area contributed by atoms with E-state index in [-0.39, 0.29) is 0 Å². The molecular formula is C18H30N2O. The lowest BCUT2D eigenvalue weighted by molar-refractivity contribution is 0.139. The summed E-state index contributed by atoms with van der Waals surface area (Å²) < 4.78 is 5.57. The van der Waals surface area contributed by atoms with E-state index in [0.717, 1.165) is 45.8 Å². The van der Waals surface area contributed by atoms with Crippen LogP contribution in [0.1, 0.15) is 42.5 Å². The van der Waals surface area contributed by atoms with Gasteiger partial charge in [0.1, 0.15) is 0 Å². The van der Waals surface area contributed by atoms with Gasteiger partial charge < -0.3 is 10.1 Å². The Labute approximate surface area is 129 Å². The zero-order chi connectivity index (χ0) is 15.1. The highest BCUT2D eigenvalue weighted by Crippen LogP contribution is 2.21. The van der Waals surface area contributed by atoms with Gasteiger partial charge in [-0.25, -0.2) is 0 Å². The maximum atomic E-state index is 5.57. The highest BCUT2D eigenvalue weighted by molar-refractivity contribution is 5.33. The molecule has 21 heavy (non-hydrogen) atoms. The lowest BCUT2D eigenvalue weighted by atomic mass is 9.98. The summed E-state index contributed by atoms with van der Waals surface area (Å²) in [5.41, 5.74) is 4.18. The lowest BCUT2D eigenvalue weighted by Gasteiger charge is -2.28. The Hall–Kier alpha value is -0.900. The molecule has 3 nitrogen and oxygen atoms in total. The average Bonchev–Trinajstić information content (AvgIpc) is 2.72. The molecule has 1 fully saturated rings. The third kappa shape index (κ3) is 5.10. The fourth-order valence-electron chi connectivity index (χ4n) is 3.05. The summed E-state index contributed by atoms with van der Waals surface area (Å²) in [5, 5.41) is 3.73. The van der Waals surface area contributed by atoms with Crippen molar-refractivity contribution in [3.8, 4) is 0 Å². The number of hydrogen-bond donors (Lipinski definition) is 1. The van der Waals surface area contributed by atoms with Crippen molar-refractivity contribution in [2.24, 2.45) is 0 Å². The van der Waals surface area contributed by atoms with Gasteiger partial charge in [-0.3, -0.25) is 4.90 Å². The predicted octanol–water partition coefficient (Wildman–Crippen LogP) is 3.07. The number of nitrogens with zero attached hydrogens (tertiary/aromatic N) is 1. The minimum Gasteiger partial charge on any atom is -0.380 e. The van der Waals surface area contributed by atoms with Crippen LogP contribution < -0.4 is 5.32 Å². The third-order valence-corrected chi connectivity index (χ3v) is 4.20. The Bertz CT molecular complexity index is 425. The van der Waals surface area contributed by atoms with Crippen LogP contribution in [0.4, 0.5) is 0 Å². The lowest BCUT2D eigenvalue weighted by Crippen LogP contribution is -2.37. The fraction of sp³-hybridized carbons (Fsp3) is 0.667. The number of nitrogens with one attached hydrogen (secondary N) is 1. The van der Waals surface area contributed by atoms with Gasteiger partial charge in [-0.1, -0.05) is 30.7 Å². The minimum atomic E-state index is 0.420. The smallest absolute Gasteiger partial charge is 0.0593 e. The molecule has 1 atom stereocenters. The second kappa shape index (κ2) is 8.52. The molecule has 1 aliphatic heterocycles. The van der Waals surface area contributed by atoms with Crippen LogP contribution in [-0.2, 0) is 4.74 Å². The molecule has 0 saturated carbocycles. The van der Waals surface area contributed by atoms with E-state index >= 15 is 0 Å². The van der Waals surface area contributed by atoms with Crippen molar-refractivity contribution in [1.29, 1.82) is 0 Å². The monoisotopic (exact) mass is 290 g/mol. The highest BCUT2D eigenvalue weighted by Gasteiger charge is 2.18. The molecule has 1 heterocycles. The number of ether oxygens (including phenoxy) is 1. The average molecular weight is 290 g/mol. The Kier molecular flexibility index (Phi) is 6.68. The summed E-state index contributed by atoms with van der Waals surface area (Å²) in [6.45, 7) is 12.7. The first-order valence-electron chi connectivity index (χ1n) is 8.31. The van der Waals surface area contributed by atoms with Crippen LogP contribution in [0.15, 0.2) is 18.2 Å². The minimum absolute atomic E-state index is 0.420. The number of benzene rings is 1. The number of hydrogen-bond acceptors (Lipinski definition) is 3. The predicted molar refractivity (Wildman–Crippen MR) is 88.8 cm³/mol. The Morgan fingerprint density at radius 2 is 2.10 bits per heavy atom. The molecule has 1 aliphatic rings. The van der Waals surface area contributed by atoms with E-state index in [1.54, 1.807) is 0 Å². The van der Waals surface area contributed by atoms with E-state index in [1.165, 1.54) is 23.1 Å². The van der Waals surface area contributed by atoms with Crippen molar-refractivity contribution in [2.75, 3.05) is 39.4 Å². The summed E-state index contributed by atoms with van der Waals surface area (Å²) >= 11 is 0. The molecule has 1 unspecified atom stereocenters. The van der Waals surface area contributed by atoms with Gasteiger partial charge >= 0.3 is 0 Å². The molecule has 0 radical (unpaired) electrons. The van der Waals surface area contributed by atoms with Crippen molar-refractivity contribution in [3.63, 3.8) is 0 Å². The first kappa shape index (κ1) is 16.5. The molecule has 2 rings (SSSR count). The van der Waals surface area contributed by atoms with E-state index < -0.39 is 0 Å². The molecule has 118 valence electrons. The van der Waals surface area contributed by atoms with Crippen LogP contribution >= 0.6 is 0 Å². The molecule has 1 aromatic carbocycles. The summed E-state index contributed by atoms with van der Waals surface area (Å²) in [6, 6.07) is 7.24. The maximum Gasteiger partial charge on any atom is 0.0593 e. The van der Waals surface area contributed by atoms with Crippen LogP contribution in [0.2, 0.25) is 0 Å². The molecule has 0 spiro atoms. The van der Waals surface area contributed by atoms with E-state index in [4.69, 9.17) is 4.74 Å². The Balaban J connectivity index is 2.08. The van der Waals surface area contributed by atoms with Crippen molar-refractivity contribution in [3.05, 3.63) is 34.9 Å².